The zero-order valence-corrected chi connectivity index (χ0v) is 13.9. The van der Waals surface area contributed by atoms with E-state index in [1.807, 2.05) is 0 Å². The van der Waals surface area contributed by atoms with Crippen LogP contribution in [0, 0.1) is 11.6 Å². The summed E-state index contributed by atoms with van der Waals surface area (Å²) in [5.41, 5.74) is 1.60. The van der Waals surface area contributed by atoms with Gasteiger partial charge in [0.2, 0.25) is 9.84 Å². The van der Waals surface area contributed by atoms with E-state index < -0.39 is 15.7 Å². The van der Waals surface area contributed by atoms with Gasteiger partial charge in [0.05, 0.1) is 4.90 Å². The quantitative estimate of drug-likeness (QED) is 0.619. The van der Waals surface area contributed by atoms with Crippen LogP contribution < -0.4 is 0 Å². The Kier molecular flexibility index (Phi) is 4.76. The van der Waals surface area contributed by atoms with Gasteiger partial charge >= 0.3 is 0 Å². The molecule has 5 heteroatoms. The molecule has 0 unspecified atom stereocenters. The SMILES string of the molecule is O=S(=O)(c1ccc(C=Cc2ccc(F)cc2)cc1)c1ccccc1F. The van der Waals surface area contributed by atoms with Crippen LogP contribution in [-0.2, 0) is 9.84 Å². The lowest BCUT2D eigenvalue weighted by molar-refractivity contribution is 0.567. The maximum Gasteiger partial charge on any atom is 0.209 e. The van der Waals surface area contributed by atoms with Crippen LogP contribution in [0.15, 0.2) is 82.6 Å². The number of sulfone groups is 1. The molecule has 0 bridgehead atoms. The highest BCUT2D eigenvalue weighted by molar-refractivity contribution is 7.91. The molecule has 0 heterocycles. The minimum atomic E-state index is -3.90. The van der Waals surface area contributed by atoms with Gasteiger partial charge in [0, 0.05) is 0 Å². The third kappa shape index (κ3) is 3.83. The maximum atomic E-state index is 13.8. The van der Waals surface area contributed by atoms with Crippen molar-refractivity contribution in [2.24, 2.45) is 0 Å². The minimum absolute atomic E-state index is 0.0246. The Labute approximate surface area is 145 Å². The molecule has 0 aromatic heterocycles. The van der Waals surface area contributed by atoms with Crippen LogP contribution in [0.5, 0.6) is 0 Å². The fourth-order valence-corrected chi connectivity index (χ4v) is 3.64. The minimum Gasteiger partial charge on any atom is -0.218 e. The van der Waals surface area contributed by atoms with Crippen LogP contribution >= 0.6 is 0 Å². The molecule has 0 aliphatic heterocycles. The Hall–Kier alpha value is -2.79. The molecule has 0 saturated heterocycles. The average Bonchev–Trinajstić information content (AvgIpc) is 2.62. The van der Waals surface area contributed by atoms with Gasteiger partial charge in [0.15, 0.2) is 0 Å². The molecule has 0 fully saturated rings. The van der Waals surface area contributed by atoms with Crippen LogP contribution in [0.4, 0.5) is 8.78 Å². The van der Waals surface area contributed by atoms with Crippen LogP contribution in [0.1, 0.15) is 11.1 Å². The van der Waals surface area contributed by atoms with Crippen molar-refractivity contribution < 1.29 is 17.2 Å². The molecule has 0 amide bonds. The molecule has 0 radical (unpaired) electrons. The Morgan fingerprint density at radius 1 is 0.680 bits per heavy atom. The largest absolute Gasteiger partial charge is 0.218 e. The monoisotopic (exact) mass is 356 g/mol. The van der Waals surface area contributed by atoms with Crippen molar-refractivity contribution in [3.8, 4) is 0 Å². The highest BCUT2D eigenvalue weighted by Crippen LogP contribution is 2.23. The smallest absolute Gasteiger partial charge is 0.209 e. The lowest BCUT2D eigenvalue weighted by Crippen LogP contribution is -2.04. The second kappa shape index (κ2) is 6.99. The van der Waals surface area contributed by atoms with Gasteiger partial charge in [-0.05, 0) is 47.5 Å². The first-order valence-electron chi connectivity index (χ1n) is 7.50. The van der Waals surface area contributed by atoms with Crippen LogP contribution in [-0.4, -0.2) is 8.42 Å². The number of hydrogen-bond acceptors (Lipinski definition) is 2. The van der Waals surface area contributed by atoms with Crippen molar-refractivity contribution in [1.82, 2.24) is 0 Å². The molecule has 0 aliphatic carbocycles. The normalized spacial score (nSPS) is 11.8. The van der Waals surface area contributed by atoms with Crippen molar-refractivity contribution in [2.45, 2.75) is 9.79 Å². The summed E-state index contributed by atoms with van der Waals surface area (Å²) in [5, 5.41) is 0. The van der Waals surface area contributed by atoms with Crippen molar-refractivity contribution in [3.05, 3.63) is 95.6 Å². The van der Waals surface area contributed by atoms with Crippen molar-refractivity contribution in [2.75, 3.05) is 0 Å². The van der Waals surface area contributed by atoms with Crippen LogP contribution in [0.2, 0.25) is 0 Å². The molecular formula is C20H14F2O2S. The second-order valence-electron chi connectivity index (χ2n) is 5.39. The van der Waals surface area contributed by atoms with Gasteiger partial charge in [-0.2, -0.15) is 0 Å². The first kappa shape index (κ1) is 17.0. The summed E-state index contributed by atoms with van der Waals surface area (Å²) in [6, 6.07) is 17.4. The molecule has 3 rings (SSSR count). The summed E-state index contributed by atoms with van der Waals surface area (Å²) >= 11 is 0. The van der Waals surface area contributed by atoms with Crippen LogP contribution in [0.3, 0.4) is 0 Å². The Bertz CT molecular complexity index is 1010. The summed E-state index contributed by atoms with van der Waals surface area (Å²) in [4.78, 5) is -0.318. The number of benzene rings is 3. The van der Waals surface area contributed by atoms with Gasteiger partial charge in [0.1, 0.15) is 16.5 Å². The average molecular weight is 356 g/mol. The summed E-state index contributed by atoms with van der Waals surface area (Å²) < 4.78 is 51.6. The number of rotatable bonds is 4. The van der Waals surface area contributed by atoms with E-state index in [1.54, 1.807) is 36.4 Å². The Morgan fingerprint density at radius 3 is 1.76 bits per heavy atom. The zero-order chi connectivity index (χ0) is 17.9. The highest BCUT2D eigenvalue weighted by atomic mass is 32.2. The topological polar surface area (TPSA) is 34.1 Å². The van der Waals surface area contributed by atoms with E-state index in [0.717, 1.165) is 17.2 Å². The molecule has 0 saturated carbocycles. The van der Waals surface area contributed by atoms with Crippen molar-refractivity contribution >= 4 is 22.0 Å². The van der Waals surface area contributed by atoms with Gasteiger partial charge in [-0.25, -0.2) is 17.2 Å². The molecule has 3 aromatic carbocycles. The lowest BCUT2D eigenvalue weighted by Gasteiger charge is -2.06. The summed E-state index contributed by atoms with van der Waals surface area (Å²) in [7, 11) is -3.90. The Morgan fingerprint density at radius 2 is 1.20 bits per heavy atom. The second-order valence-corrected chi connectivity index (χ2v) is 7.31. The number of halogens is 2. The predicted molar refractivity (Wildman–Crippen MR) is 93.6 cm³/mol. The van der Waals surface area contributed by atoms with E-state index in [2.05, 4.69) is 0 Å². The third-order valence-electron chi connectivity index (χ3n) is 3.65. The summed E-state index contributed by atoms with van der Waals surface area (Å²) in [5.74, 6) is -1.08. The molecule has 2 nitrogen and oxygen atoms in total. The van der Waals surface area contributed by atoms with E-state index in [1.165, 1.54) is 42.5 Å². The summed E-state index contributed by atoms with van der Waals surface area (Å²) in [6.07, 6.45) is 3.58. The molecule has 0 atom stereocenters. The van der Waals surface area contributed by atoms with E-state index >= 15 is 0 Å². The van der Waals surface area contributed by atoms with E-state index in [-0.39, 0.29) is 15.6 Å². The van der Waals surface area contributed by atoms with E-state index in [4.69, 9.17) is 0 Å². The lowest BCUT2D eigenvalue weighted by atomic mass is 10.1. The fraction of sp³-hybridized carbons (Fsp3) is 0. The number of hydrogen-bond donors (Lipinski definition) is 0. The first-order chi connectivity index (χ1) is 12.0. The maximum absolute atomic E-state index is 13.8. The molecule has 3 aromatic rings. The van der Waals surface area contributed by atoms with Gasteiger partial charge in [-0.3, -0.25) is 0 Å². The van der Waals surface area contributed by atoms with Gasteiger partial charge in [-0.15, -0.1) is 0 Å². The first-order valence-corrected chi connectivity index (χ1v) is 8.98. The fourth-order valence-electron chi connectivity index (χ4n) is 2.31. The molecule has 0 N–H and O–H groups in total. The van der Waals surface area contributed by atoms with Gasteiger partial charge < -0.3 is 0 Å². The molecule has 0 aliphatic rings. The molecule has 126 valence electrons. The highest BCUT2D eigenvalue weighted by Gasteiger charge is 2.20. The molecule has 25 heavy (non-hydrogen) atoms. The Balaban J connectivity index is 1.85. The van der Waals surface area contributed by atoms with Gasteiger partial charge in [0.25, 0.3) is 0 Å². The van der Waals surface area contributed by atoms with Gasteiger partial charge in [-0.1, -0.05) is 48.6 Å². The van der Waals surface area contributed by atoms with Crippen LogP contribution in [0.25, 0.3) is 12.2 Å². The van der Waals surface area contributed by atoms with Crippen molar-refractivity contribution in [1.29, 1.82) is 0 Å². The summed E-state index contributed by atoms with van der Waals surface area (Å²) in [6.45, 7) is 0. The molecular weight excluding hydrogens is 342 g/mol. The third-order valence-corrected chi connectivity index (χ3v) is 5.46. The van der Waals surface area contributed by atoms with Crippen molar-refractivity contribution in [3.63, 3.8) is 0 Å². The standard InChI is InChI=1S/C20H14F2O2S/c21-17-11-7-15(8-12-17)5-6-16-9-13-18(14-10-16)25(23,24)20-4-2-1-3-19(20)22/h1-14H. The molecule has 0 spiro atoms. The zero-order valence-electron chi connectivity index (χ0n) is 13.1. The van der Waals surface area contributed by atoms with E-state index in [0.29, 0.717) is 0 Å². The predicted octanol–water partition coefficient (Wildman–Crippen LogP) is 4.97. The van der Waals surface area contributed by atoms with E-state index in [9.17, 15) is 17.2 Å².